The SMILES string of the molecule is O=C(Nc1ccc(Cl)cc1)c1cc2ccccc2cc1OP(=O)([O-])[O-]. The Bertz CT molecular complexity index is 984. The van der Waals surface area contributed by atoms with E-state index in [1.807, 2.05) is 0 Å². The number of rotatable bonds is 4. The van der Waals surface area contributed by atoms with Gasteiger partial charge < -0.3 is 24.2 Å². The molecule has 0 atom stereocenters. The minimum absolute atomic E-state index is 0.0689. The first kappa shape index (κ1) is 17.5. The van der Waals surface area contributed by atoms with Crippen LogP contribution < -0.4 is 19.6 Å². The van der Waals surface area contributed by atoms with Crippen LogP contribution in [0.1, 0.15) is 10.4 Å². The number of nitrogens with one attached hydrogen (secondary N) is 1. The lowest BCUT2D eigenvalue weighted by atomic mass is 10.1. The molecule has 0 unspecified atom stereocenters. The van der Waals surface area contributed by atoms with E-state index in [9.17, 15) is 19.1 Å². The third-order valence-electron chi connectivity index (χ3n) is 3.40. The van der Waals surface area contributed by atoms with Crippen molar-refractivity contribution in [3.05, 3.63) is 71.2 Å². The summed E-state index contributed by atoms with van der Waals surface area (Å²) in [4.78, 5) is 34.6. The van der Waals surface area contributed by atoms with Gasteiger partial charge >= 0.3 is 0 Å². The summed E-state index contributed by atoms with van der Waals surface area (Å²) < 4.78 is 15.5. The number of carbonyl (C=O) groups excluding carboxylic acids is 1. The van der Waals surface area contributed by atoms with Crippen LogP contribution in [0, 0.1) is 0 Å². The van der Waals surface area contributed by atoms with E-state index in [1.165, 1.54) is 12.1 Å². The van der Waals surface area contributed by atoms with Crippen LogP contribution in [-0.2, 0) is 4.57 Å². The summed E-state index contributed by atoms with van der Waals surface area (Å²) in [6.07, 6.45) is 0. The van der Waals surface area contributed by atoms with Crippen LogP contribution in [0.3, 0.4) is 0 Å². The Kier molecular flexibility index (Phi) is 4.79. The van der Waals surface area contributed by atoms with Crippen molar-refractivity contribution in [3.8, 4) is 5.75 Å². The summed E-state index contributed by atoms with van der Waals surface area (Å²) in [5.74, 6) is -0.935. The molecular weight excluding hydrogens is 365 g/mol. The van der Waals surface area contributed by atoms with E-state index >= 15 is 0 Å². The Morgan fingerprint density at radius 2 is 1.60 bits per heavy atom. The van der Waals surface area contributed by atoms with Crippen LogP contribution in [0.15, 0.2) is 60.7 Å². The molecule has 0 fully saturated rings. The maximum atomic E-state index is 12.5. The van der Waals surface area contributed by atoms with Gasteiger partial charge in [0.15, 0.2) is 0 Å². The Labute approximate surface area is 148 Å². The van der Waals surface area contributed by atoms with Crippen molar-refractivity contribution < 1.29 is 23.7 Å². The number of benzene rings is 3. The fourth-order valence-electron chi connectivity index (χ4n) is 2.32. The smallest absolute Gasteiger partial charge is 0.259 e. The van der Waals surface area contributed by atoms with Gasteiger partial charge in [0.25, 0.3) is 5.91 Å². The minimum atomic E-state index is -5.32. The Morgan fingerprint density at radius 3 is 2.20 bits per heavy atom. The molecule has 0 saturated carbocycles. The van der Waals surface area contributed by atoms with Crippen molar-refractivity contribution in [3.63, 3.8) is 0 Å². The van der Waals surface area contributed by atoms with Gasteiger partial charge in [-0.25, -0.2) is 0 Å². The van der Waals surface area contributed by atoms with E-state index in [0.29, 0.717) is 21.5 Å². The predicted molar refractivity (Wildman–Crippen MR) is 91.6 cm³/mol. The van der Waals surface area contributed by atoms with Crippen molar-refractivity contribution >= 4 is 41.8 Å². The highest BCUT2D eigenvalue weighted by Crippen LogP contribution is 2.35. The minimum Gasteiger partial charge on any atom is -0.780 e. The van der Waals surface area contributed by atoms with E-state index in [0.717, 1.165) is 0 Å². The van der Waals surface area contributed by atoms with Gasteiger partial charge in [0.1, 0.15) is 13.6 Å². The second kappa shape index (κ2) is 6.86. The van der Waals surface area contributed by atoms with Crippen molar-refractivity contribution in [1.82, 2.24) is 0 Å². The fourth-order valence-corrected chi connectivity index (χ4v) is 2.84. The fraction of sp³-hybridized carbons (Fsp3) is 0. The van der Waals surface area contributed by atoms with Crippen LogP contribution in [0.2, 0.25) is 5.02 Å². The summed E-state index contributed by atoms with van der Waals surface area (Å²) in [5, 5.41) is 4.44. The van der Waals surface area contributed by atoms with Crippen molar-refractivity contribution in [2.24, 2.45) is 0 Å². The summed E-state index contributed by atoms with van der Waals surface area (Å²) in [6, 6.07) is 16.2. The Balaban J connectivity index is 2.02. The predicted octanol–water partition coefficient (Wildman–Crippen LogP) is 2.95. The van der Waals surface area contributed by atoms with Crippen LogP contribution in [0.4, 0.5) is 5.69 Å². The topological polar surface area (TPSA) is 102 Å². The third-order valence-corrected chi connectivity index (χ3v) is 4.08. The summed E-state index contributed by atoms with van der Waals surface area (Å²) in [7, 11) is -5.32. The number of phosphoric acid groups is 1. The first-order chi connectivity index (χ1) is 11.8. The zero-order valence-electron chi connectivity index (χ0n) is 12.6. The van der Waals surface area contributed by atoms with Gasteiger partial charge in [-0.2, -0.15) is 0 Å². The maximum absolute atomic E-state index is 12.5. The van der Waals surface area contributed by atoms with E-state index in [-0.39, 0.29) is 11.3 Å². The lowest BCUT2D eigenvalue weighted by molar-refractivity contribution is -0.333. The Morgan fingerprint density at radius 1 is 1.00 bits per heavy atom. The molecule has 25 heavy (non-hydrogen) atoms. The number of carbonyl (C=O) groups is 1. The average Bonchev–Trinajstić information content (AvgIpc) is 2.55. The molecule has 0 bridgehead atoms. The average molecular weight is 376 g/mol. The standard InChI is InChI=1S/C17H13ClNO5P/c18-13-5-7-14(8-6-13)19-17(20)15-9-11-3-1-2-4-12(11)10-16(15)24-25(21,22)23/h1-10H,(H,19,20)(H2,21,22,23)/p-2. The zero-order chi connectivity index (χ0) is 18.0. The lowest BCUT2D eigenvalue weighted by Gasteiger charge is -2.30. The molecule has 0 radical (unpaired) electrons. The molecular formula is C17H11ClNO5P-2. The summed E-state index contributed by atoms with van der Waals surface area (Å²) in [5.41, 5.74) is 0.390. The molecule has 3 aromatic rings. The number of hydrogen-bond donors (Lipinski definition) is 1. The second-order valence-corrected chi connectivity index (χ2v) is 6.71. The van der Waals surface area contributed by atoms with Gasteiger partial charge in [0, 0.05) is 10.7 Å². The van der Waals surface area contributed by atoms with Gasteiger partial charge in [0.05, 0.1) is 5.56 Å². The van der Waals surface area contributed by atoms with Crippen LogP contribution in [0.5, 0.6) is 5.75 Å². The molecule has 0 aliphatic carbocycles. The molecule has 0 heterocycles. The number of fused-ring (bicyclic) bond motifs is 1. The molecule has 8 heteroatoms. The summed E-state index contributed by atoms with van der Waals surface area (Å²) >= 11 is 5.80. The number of halogens is 1. The van der Waals surface area contributed by atoms with Gasteiger partial charge in [-0.1, -0.05) is 35.9 Å². The van der Waals surface area contributed by atoms with Gasteiger partial charge in [-0.15, -0.1) is 0 Å². The Hall–Kier alpha value is -2.37. The number of amides is 1. The normalized spacial score (nSPS) is 11.3. The molecule has 0 aliphatic rings. The quantitative estimate of drug-likeness (QED) is 0.706. The highest BCUT2D eigenvalue weighted by atomic mass is 35.5. The number of hydrogen-bond acceptors (Lipinski definition) is 5. The molecule has 6 nitrogen and oxygen atoms in total. The van der Waals surface area contributed by atoms with Gasteiger partial charge in [-0.3, -0.25) is 4.79 Å². The summed E-state index contributed by atoms with van der Waals surface area (Å²) in [6.45, 7) is 0. The molecule has 0 aliphatic heterocycles. The monoisotopic (exact) mass is 375 g/mol. The first-order valence-corrected chi connectivity index (χ1v) is 8.97. The van der Waals surface area contributed by atoms with Gasteiger partial charge in [-0.05, 0) is 47.2 Å². The van der Waals surface area contributed by atoms with Crippen molar-refractivity contribution in [1.29, 1.82) is 0 Å². The third kappa shape index (κ3) is 4.38. The van der Waals surface area contributed by atoms with E-state index in [1.54, 1.807) is 48.5 Å². The van der Waals surface area contributed by atoms with E-state index in [2.05, 4.69) is 9.84 Å². The molecule has 1 amide bonds. The van der Waals surface area contributed by atoms with Crippen LogP contribution in [-0.4, -0.2) is 5.91 Å². The van der Waals surface area contributed by atoms with Gasteiger partial charge in [0.2, 0.25) is 0 Å². The highest BCUT2D eigenvalue weighted by molar-refractivity contribution is 7.43. The number of anilines is 1. The molecule has 128 valence electrons. The molecule has 0 aromatic heterocycles. The highest BCUT2D eigenvalue weighted by Gasteiger charge is 2.15. The molecule has 3 aromatic carbocycles. The molecule has 3 rings (SSSR count). The van der Waals surface area contributed by atoms with E-state index in [4.69, 9.17) is 11.6 Å². The lowest BCUT2D eigenvalue weighted by Crippen LogP contribution is -2.20. The maximum Gasteiger partial charge on any atom is 0.259 e. The molecule has 0 spiro atoms. The largest absolute Gasteiger partial charge is 0.780 e. The first-order valence-electron chi connectivity index (χ1n) is 7.13. The van der Waals surface area contributed by atoms with Crippen LogP contribution >= 0.6 is 19.4 Å². The second-order valence-electron chi connectivity index (χ2n) is 5.20. The molecule has 0 saturated heterocycles. The van der Waals surface area contributed by atoms with Crippen molar-refractivity contribution in [2.45, 2.75) is 0 Å². The van der Waals surface area contributed by atoms with Crippen molar-refractivity contribution in [2.75, 3.05) is 5.32 Å². The molecule has 1 N–H and O–H groups in total. The zero-order valence-corrected chi connectivity index (χ0v) is 14.3. The van der Waals surface area contributed by atoms with E-state index < -0.39 is 13.7 Å². The van der Waals surface area contributed by atoms with Crippen LogP contribution in [0.25, 0.3) is 10.8 Å². The number of phosphoric ester groups is 1.